The number of aryl methyl sites for hydroxylation is 1. The van der Waals surface area contributed by atoms with Crippen LogP contribution in [0.1, 0.15) is 28.7 Å². The van der Waals surface area contributed by atoms with Crippen LogP contribution in [0.5, 0.6) is 0 Å². The first-order chi connectivity index (χ1) is 12.5. The first-order valence-electron chi connectivity index (χ1n) is 8.00. The summed E-state index contributed by atoms with van der Waals surface area (Å²) in [6.07, 6.45) is 0.0695. The van der Waals surface area contributed by atoms with E-state index in [9.17, 15) is 9.59 Å². The predicted molar refractivity (Wildman–Crippen MR) is 97.1 cm³/mol. The van der Waals surface area contributed by atoms with Gasteiger partial charge in [0.1, 0.15) is 5.69 Å². The number of nitrogens with one attached hydrogen (secondary N) is 1. The minimum atomic E-state index is -0.451. The fraction of sp³-hybridized carbons (Fsp3) is 0.222. The molecule has 26 heavy (non-hydrogen) atoms. The Morgan fingerprint density at radius 2 is 2.04 bits per heavy atom. The van der Waals surface area contributed by atoms with Gasteiger partial charge in [-0.15, -0.1) is 11.3 Å². The van der Waals surface area contributed by atoms with Gasteiger partial charge in [0.25, 0.3) is 5.91 Å². The molecule has 7 nitrogen and oxygen atoms in total. The molecule has 1 aromatic carbocycles. The molecule has 0 aliphatic rings. The molecule has 0 saturated heterocycles. The number of ether oxygens (including phenoxy) is 1. The van der Waals surface area contributed by atoms with E-state index in [1.807, 2.05) is 31.2 Å². The first-order valence-corrected chi connectivity index (χ1v) is 8.88. The lowest BCUT2D eigenvalue weighted by atomic mass is 10.1. The minimum Gasteiger partial charge on any atom is -0.466 e. The normalized spacial score (nSPS) is 10.5. The molecule has 3 rings (SSSR count). The van der Waals surface area contributed by atoms with Gasteiger partial charge in [-0.25, -0.2) is 4.98 Å². The van der Waals surface area contributed by atoms with Crippen LogP contribution in [0.2, 0.25) is 0 Å². The minimum absolute atomic E-state index is 0.0695. The number of esters is 1. The van der Waals surface area contributed by atoms with Gasteiger partial charge >= 0.3 is 5.97 Å². The second-order valence-corrected chi connectivity index (χ2v) is 6.38. The Kier molecular flexibility index (Phi) is 5.43. The highest BCUT2D eigenvalue weighted by atomic mass is 32.1. The summed E-state index contributed by atoms with van der Waals surface area (Å²) >= 11 is 1.22. The van der Waals surface area contributed by atoms with Gasteiger partial charge in [0.05, 0.1) is 18.7 Å². The van der Waals surface area contributed by atoms with Gasteiger partial charge in [0.15, 0.2) is 5.13 Å². The molecule has 0 fully saturated rings. The van der Waals surface area contributed by atoms with Crippen LogP contribution in [0.25, 0.3) is 11.3 Å². The molecule has 2 heterocycles. The van der Waals surface area contributed by atoms with E-state index < -0.39 is 5.91 Å². The van der Waals surface area contributed by atoms with E-state index in [2.05, 4.69) is 15.5 Å². The quantitative estimate of drug-likeness (QED) is 0.667. The van der Waals surface area contributed by atoms with Gasteiger partial charge in [-0.2, -0.15) is 0 Å². The lowest BCUT2D eigenvalue weighted by Gasteiger charge is -1.98. The van der Waals surface area contributed by atoms with Crippen molar-refractivity contribution in [3.63, 3.8) is 0 Å². The van der Waals surface area contributed by atoms with Crippen molar-refractivity contribution in [1.29, 1.82) is 0 Å². The summed E-state index contributed by atoms with van der Waals surface area (Å²) in [7, 11) is 0. The second kappa shape index (κ2) is 7.92. The lowest BCUT2D eigenvalue weighted by molar-refractivity contribution is -0.142. The van der Waals surface area contributed by atoms with Crippen LogP contribution in [0, 0.1) is 6.92 Å². The molecule has 0 aliphatic heterocycles. The molecule has 8 heteroatoms. The van der Waals surface area contributed by atoms with E-state index in [1.165, 1.54) is 11.3 Å². The highest BCUT2D eigenvalue weighted by Crippen LogP contribution is 2.21. The standard InChI is InChI=1S/C18H17N3O4S/c1-3-24-16(22)8-13-10-26-18(19-13)20-17(23)15-9-14(21-25-15)12-6-4-11(2)5-7-12/h4-7,9-10H,3,8H2,1-2H3,(H,19,20,23). The lowest BCUT2D eigenvalue weighted by Crippen LogP contribution is -2.11. The largest absolute Gasteiger partial charge is 0.466 e. The predicted octanol–water partition coefficient (Wildman–Crippen LogP) is 3.46. The molecule has 0 bridgehead atoms. The third kappa shape index (κ3) is 4.34. The van der Waals surface area contributed by atoms with Gasteiger partial charge in [0.2, 0.25) is 5.76 Å². The smallest absolute Gasteiger partial charge is 0.311 e. The van der Waals surface area contributed by atoms with E-state index >= 15 is 0 Å². The molecule has 0 saturated carbocycles. The van der Waals surface area contributed by atoms with Gasteiger partial charge in [-0.3, -0.25) is 14.9 Å². The fourth-order valence-electron chi connectivity index (χ4n) is 2.21. The number of hydrogen-bond acceptors (Lipinski definition) is 7. The van der Waals surface area contributed by atoms with Gasteiger partial charge in [-0.1, -0.05) is 35.0 Å². The van der Waals surface area contributed by atoms with Crippen LogP contribution < -0.4 is 5.32 Å². The van der Waals surface area contributed by atoms with E-state index in [0.717, 1.165) is 11.1 Å². The summed E-state index contributed by atoms with van der Waals surface area (Å²) < 4.78 is 10.00. The van der Waals surface area contributed by atoms with E-state index in [1.54, 1.807) is 18.4 Å². The SMILES string of the molecule is CCOC(=O)Cc1csc(NC(=O)c2cc(-c3ccc(C)cc3)no2)n1. The Labute approximate surface area is 154 Å². The molecular formula is C18H17N3O4S. The van der Waals surface area contributed by atoms with Crippen molar-refractivity contribution >= 4 is 28.3 Å². The van der Waals surface area contributed by atoms with E-state index in [0.29, 0.717) is 23.1 Å². The number of anilines is 1. The average molecular weight is 371 g/mol. The van der Waals surface area contributed by atoms with Crippen molar-refractivity contribution in [2.24, 2.45) is 0 Å². The zero-order valence-electron chi connectivity index (χ0n) is 14.3. The molecule has 0 aliphatic carbocycles. The summed E-state index contributed by atoms with van der Waals surface area (Å²) in [5.41, 5.74) is 3.13. The van der Waals surface area contributed by atoms with Crippen LogP contribution in [-0.2, 0) is 16.0 Å². The molecule has 1 amide bonds. The van der Waals surface area contributed by atoms with Gasteiger partial charge < -0.3 is 9.26 Å². The Hall–Kier alpha value is -3.00. The molecular weight excluding hydrogens is 354 g/mol. The van der Waals surface area contributed by atoms with Crippen LogP contribution in [-0.4, -0.2) is 28.6 Å². The number of thiazole rings is 1. The van der Waals surface area contributed by atoms with Crippen LogP contribution in [0.15, 0.2) is 40.2 Å². The van der Waals surface area contributed by atoms with Crippen molar-refractivity contribution < 1.29 is 18.8 Å². The fourth-order valence-corrected chi connectivity index (χ4v) is 2.91. The highest BCUT2D eigenvalue weighted by molar-refractivity contribution is 7.14. The van der Waals surface area contributed by atoms with Crippen molar-refractivity contribution in [3.05, 3.63) is 52.7 Å². The van der Waals surface area contributed by atoms with E-state index in [4.69, 9.17) is 9.26 Å². The number of hydrogen-bond donors (Lipinski definition) is 1. The molecule has 3 aromatic rings. The van der Waals surface area contributed by atoms with Gasteiger partial charge in [-0.05, 0) is 13.8 Å². The van der Waals surface area contributed by atoms with Crippen molar-refractivity contribution in [1.82, 2.24) is 10.1 Å². The highest BCUT2D eigenvalue weighted by Gasteiger charge is 2.16. The topological polar surface area (TPSA) is 94.3 Å². The van der Waals surface area contributed by atoms with Crippen molar-refractivity contribution in [2.75, 3.05) is 11.9 Å². The maximum Gasteiger partial charge on any atom is 0.311 e. The van der Waals surface area contributed by atoms with Crippen molar-refractivity contribution in [3.8, 4) is 11.3 Å². The summed E-state index contributed by atoms with van der Waals surface area (Å²) in [6.45, 7) is 4.06. The Bertz CT molecular complexity index is 915. The number of carbonyl (C=O) groups excluding carboxylic acids is 2. The Morgan fingerprint density at radius 1 is 1.27 bits per heavy atom. The van der Waals surface area contributed by atoms with Gasteiger partial charge in [0, 0.05) is 17.0 Å². The maximum atomic E-state index is 12.3. The molecule has 2 aromatic heterocycles. The second-order valence-electron chi connectivity index (χ2n) is 5.52. The number of rotatable bonds is 6. The maximum absolute atomic E-state index is 12.3. The van der Waals surface area contributed by atoms with Crippen LogP contribution in [0.4, 0.5) is 5.13 Å². The first kappa shape index (κ1) is 17.8. The summed E-state index contributed by atoms with van der Waals surface area (Å²) in [4.78, 5) is 27.9. The molecule has 0 atom stereocenters. The number of aromatic nitrogens is 2. The summed E-state index contributed by atoms with van der Waals surface area (Å²) in [6, 6.07) is 9.33. The number of nitrogens with zero attached hydrogens (tertiary/aromatic N) is 2. The third-order valence-electron chi connectivity index (χ3n) is 3.48. The van der Waals surface area contributed by atoms with Crippen molar-refractivity contribution in [2.45, 2.75) is 20.3 Å². The molecule has 134 valence electrons. The number of carbonyl (C=O) groups is 2. The number of amides is 1. The Balaban J connectivity index is 1.64. The Morgan fingerprint density at radius 3 is 2.77 bits per heavy atom. The summed E-state index contributed by atoms with van der Waals surface area (Å²) in [5.74, 6) is -0.718. The molecule has 0 spiro atoms. The van der Waals surface area contributed by atoms with Crippen LogP contribution in [0.3, 0.4) is 0 Å². The molecule has 1 N–H and O–H groups in total. The zero-order valence-corrected chi connectivity index (χ0v) is 15.1. The van der Waals surface area contributed by atoms with Crippen LogP contribution >= 0.6 is 11.3 Å². The summed E-state index contributed by atoms with van der Waals surface area (Å²) in [5, 5.41) is 8.65. The molecule has 0 radical (unpaired) electrons. The monoisotopic (exact) mass is 371 g/mol. The number of benzene rings is 1. The molecule has 0 unspecified atom stereocenters. The van der Waals surface area contributed by atoms with E-state index in [-0.39, 0.29) is 18.2 Å². The zero-order chi connectivity index (χ0) is 18.5. The third-order valence-corrected chi connectivity index (χ3v) is 4.29. The average Bonchev–Trinajstić information content (AvgIpc) is 3.25.